The molecule has 0 radical (unpaired) electrons. The van der Waals surface area contributed by atoms with Crippen LogP contribution in [0.2, 0.25) is 10.0 Å². The maximum absolute atomic E-state index is 13.7. The minimum atomic E-state index is -0.770. The maximum atomic E-state index is 13.7. The average Bonchev–Trinajstić information content (AvgIpc) is 3.15. The Bertz CT molecular complexity index is 1570. The first-order valence-electron chi connectivity index (χ1n) is 11.6. The molecule has 1 aliphatic rings. The number of carbonyl (C=O) groups excluding carboxylic acids is 1. The number of fused-ring (bicyclic) bond motifs is 1. The molecule has 194 valence electrons. The zero-order chi connectivity index (χ0) is 26.9. The molecule has 1 atom stereocenters. The number of benzene rings is 2. The molecule has 3 aromatic rings. The molecule has 0 saturated carbocycles. The van der Waals surface area contributed by atoms with Gasteiger partial charge in [0.25, 0.3) is 5.56 Å². The molecule has 0 N–H and O–H groups in total. The predicted octanol–water partition coefficient (Wildman–Crippen LogP) is 4.90. The van der Waals surface area contributed by atoms with Crippen LogP contribution in [0.15, 0.2) is 57.5 Å². The van der Waals surface area contributed by atoms with E-state index in [9.17, 15) is 9.59 Å². The van der Waals surface area contributed by atoms with Crippen molar-refractivity contribution >= 4 is 46.6 Å². The molecule has 0 saturated heterocycles. The molecule has 0 fully saturated rings. The van der Waals surface area contributed by atoms with Gasteiger partial charge < -0.3 is 14.2 Å². The number of thiazole rings is 1. The second-order valence-corrected chi connectivity index (χ2v) is 10.4. The SMILES string of the molecule is CCOC(=O)C1=C(C)N=c2s/c(=C\c3ccc(Cl)c(Cl)c3)c(=O)n2[C@@H]1c1ccc(OC(C)C)c(OC)c1. The van der Waals surface area contributed by atoms with Gasteiger partial charge in [0, 0.05) is 0 Å². The Kier molecular flexibility index (Phi) is 8.11. The van der Waals surface area contributed by atoms with Crippen molar-refractivity contribution in [1.82, 2.24) is 4.57 Å². The van der Waals surface area contributed by atoms with Crippen LogP contribution in [0.1, 0.15) is 44.9 Å². The molecule has 0 amide bonds. The third-order valence-corrected chi connectivity index (χ3v) is 7.35. The third-order valence-electron chi connectivity index (χ3n) is 5.62. The van der Waals surface area contributed by atoms with Crippen LogP contribution in [0.5, 0.6) is 11.5 Å². The lowest BCUT2D eigenvalue weighted by Crippen LogP contribution is -2.40. The zero-order valence-corrected chi connectivity index (χ0v) is 23.3. The number of halogens is 2. The number of nitrogens with zero attached hydrogens (tertiary/aromatic N) is 2. The summed E-state index contributed by atoms with van der Waals surface area (Å²) < 4.78 is 18.7. The summed E-state index contributed by atoms with van der Waals surface area (Å²) in [5.74, 6) is 0.516. The highest BCUT2D eigenvalue weighted by Crippen LogP contribution is 2.36. The van der Waals surface area contributed by atoms with Gasteiger partial charge in [0.05, 0.1) is 51.7 Å². The van der Waals surface area contributed by atoms with Crippen LogP contribution in [-0.4, -0.2) is 30.4 Å². The van der Waals surface area contributed by atoms with Crippen LogP contribution in [0, 0.1) is 0 Å². The molecule has 4 rings (SSSR count). The Labute approximate surface area is 228 Å². The summed E-state index contributed by atoms with van der Waals surface area (Å²) in [7, 11) is 1.54. The molecular weight excluding hydrogens is 535 g/mol. The fourth-order valence-electron chi connectivity index (χ4n) is 4.07. The lowest BCUT2D eigenvalue weighted by molar-refractivity contribution is -0.139. The fraction of sp³-hybridized carbons (Fsp3) is 0.296. The lowest BCUT2D eigenvalue weighted by Gasteiger charge is -2.25. The molecule has 7 nitrogen and oxygen atoms in total. The number of methoxy groups -OCH3 is 1. The van der Waals surface area contributed by atoms with Gasteiger partial charge in [-0.1, -0.05) is 46.7 Å². The van der Waals surface area contributed by atoms with Gasteiger partial charge in [-0.05, 0) is 69.2 Å². The van der Waals surface area contributed by atoms with Gasteiger partial charge in [-0.3, -0.25) is 9.36 Å². The monoisotopic (exact) mass is 560 g/mol. The molecule has 0 unspecified atom stereocenters. The number of ether oxygens (including phenoxy) is 3. The van der Waals surface area contributed by atoms with Crippen molar-refractivity contribution in [1.29, 1.82) is 0 Å². The van der Waals surface area contributed by atoms with Crippen molar-refractivity contribution in [3.8, 4) is 11.5 Å². The zero-order valence-electron chi connectivity index (χ0n) is 21.0. The van der Waals surface area contributed by atoms with E-state index in [1.165, 1.54) is 15.9 Å². The van der Waals surface area contributed by atoms with Crippen molar-refractivity contribution in [2.75, 3.05) is 13.7 Å². The van der Waals surface area contributed by atoms with Gasteiger partial charge in [0.2, 0.25) is 0 Å². The third kappa shape index (κ3) is 5.46. The lowest BCUT2D eigenvalue weighted by atomic mass is 9.95. The summed E-state index contributed by atoms with van der Waals surface area (Å²) in [5, 5.41) is 0.811. The number of hydrogen-bond acceptors (Lipinski definition) is 7. The number of aromatic nitrogens is 1. The van der Waals surface area contributed by atoms with Gasteiger partial charge >= 0.3 is 5.97 Å². The summed E-state index contributed by atoms with van der Waals surface area (Å²) in [4.78, 5) is 31.9. The van der Waals surface area contributed by atoms with E-state index >= 15 is 0 Å². The van der Waals surface area contributed by atoms with Crippen molar-refractivity contribution in [3.63, 3.8) is 0 Å². The maximum Gasteiger partial charge on any atom is 0.338 e. The molecule has 0 aliphatic carbocycles. The Morgan fingerprint density at radius 2 is 1.92 bits per heavy atom. The second kappa shape index (κ2) is 11.1. The highest BCUT2D eigenvalue weighted by Gasteiger charge is 2.34. The van der Waals surface area contributed by atoms with Gasteiger partial charge in [0.1, 0.15) is 0 Å². The van der Waals surface area contributed by atoms with E-state index in [-0.39, 0.29) is 23.8 Å². The Balaban J connectivity index is 1.94. The number of rotatable bonds is 7. The molecule has 1 aromatic heterocycles. The normalized spacial score (nSPS) is 15.5. The molecule has 1 aliphatic heterocycles. The molecule has 0 spiro atoms. The largest absolute Gasteiger partial charge is 0.493 e. The van der Waals surface area contributed by atoms with Crippen molar-refractivity contribution < 1.29 is 19.0 Å². The molecule has 10 heteroatoms. The fourth-order valence-corrected chi connectivity index (χ4v) is 5.42. The van der Waals surface area contributed by atoms with E-state index < -0.39 is 12.0 Å². The Morgan fingerprint density at radius 3 is 2.57 bits per heavy atom. The van der Waals surface area contributed by atoms with Crippen LogP contribution in [-0.2, 0) is 9.53 Å². The number of allylic oxidation sites excluding steroid dienone is 1. The summed E-state index contributed by atoms with van der Waals surface area (Å²) in [6.07, 6.45) is 1.67. The van der Waals surface area contributed by atoms with Crippen LogP contribution in [0.25, 0.3) is 6.08 Å². The van der Waals surface area contributed by atoms with Gasteiger partial charge in [-0.2, -0.15) is 0 Å². The van der Waals surface area contributed by atoms with Crippen LogP contribution in [0.3, 0.4) is 0 Å². The van der Waals surface area contributed by atoms with E-state index in [1.54, 1.807) is 57.4 Å². The van der Waals surface area contributed by atoms with Crippen molar-refractivity contribution in [2.24, 2.45) is 4.99 Å². The molecule has 2 aromatic carbocycles. The predicted molar refractivity (Wildman–Crippen MR) is 146 cm³/mol. The highest BCUT2D eigenvalue weighted by molar-refractivity contribution is 7.07. The highest BCUT2D eigenvalue weighted by atomic mass is 35.5. The number of carbonyl (C=O) groups is 1. The van der Waals surface area contributed by atoms with E-state index in [1.807, 2.05) is 19.9 Å². The van der Waals surface area contributed by atoms with E-state index in [0.29, 0.717) is 42.1 Å². The van der Waals surface area contributed by atoms with Crippen LogP contribution >= 0.6 is 34.5 Å². The van der Waals surface area contributed by atoms with Crippen molar-refractivity contribution in [2.45, 2.75) is 39.8 Å². The number of esters is 1. The first kappa shape index (κ1) is 27.0. The standard InChI is InChI=1S/C27H26Cl2N2O5S/c1-6-35-26(33)23-15(4)30-27-31(24(23)17-8-10-20(36-14(2)3)21(13-17)34-5)25(32)22(37-27)12-16-7-9-18(28)19(29)11-16/h7-14,24H,6H2,1-5H3/b22-12-/t24-/m1/s1. The summed E-state index contributed by atoms with van der Waals surface area (Å²) in [6.45, 7) is 7.50. The van der Waals surface area contributed by atoms with Crippen LogP contribution < -0.4 is 24.4 Å². The minimum Gasteiger partial charge on any atom is -0.493 e. The summed E-state index contributed by atoms with van der Waals surface area (Å²) in [5.41, 5.74) is 1.85. The van der Waals surface area contributed by atoms with E-state index in [4.69, 9.17) is 37.4 Å². The molecular formula is C27H26Cl2N2O5S. The Morgan fingerprint density at radius 1 is 1.16 bits per heavy atom. The van der Waals surface area contributed by atoms with E-state index in [2.05, 4.69) is 4.99 Å². The topological polar surface area (TPSA) is 79.1 Å². The Hall–Kier alpha value is -3.07. The van der Waals surface area contributed by atoms with E-state index in [0.717, 1.165) is 5.56 Å². The van der Waals surface area contributed by atoms with Gasteiger partial charge in [0.15, 0.2) is 16.3 Å². The van der Waals surface area contributed by atoms with Gasteiger partial charge in [-0.15, -0.1) is 0 Å². The second-order valence-electron chi connectivity index (χ2n) is 8.55. The first-order valence-corrected chi connectivity index (χ1v) is 13.2. The molecule has 0 bridgehead atoms. The quantitative estimate of drug-likeness (QED) is 0.384. The van der Waals surface area contributed by atoms with Crippen LogP contribution in [0.4, 0.5) is 0 Å². The first-order chi connectivity index (χ1) is 17.6. The summed E-state index contributed by atoms with van der Waals surface area (Å²) in [6, 6.07) is 9.73. The van der Waals surface area contributed by atoms with Gasteiger partial charge in [-0.25, -0.2) is 9.79 Å². The number of hydrogen-bond donors (Lipinski definition) is 0. The average molecular weight is 561 g/mol. The smallest absolute Gasteiger partial charge is 0.338 e. The summed E-state index contributed by atoms with van der Waals surface area (Å²) >= 11 is 13.4. The molecule has 2 heterocycles. The molecule has 37 heavy (non-hydrogen) atoms. The van der Waals surface area contributed by atoms with Crippen molar-refractivity contribution in [3.05, 3.63) is 88.5 Å². The minimum absolute atomic E-state index is 0.0592.